The maximum Gasteiger partial charge on any atom is 0.264 e. The topological polar surface area (TPSA) is 81.1 Å². The summed E-state index contributed by atoms with van der Waals surface area (Å²) in [5, 5.41) is 20.7. The van der Waals surface area contributed by atoms with Crippen LogP contribution in [0.5, 0.6) is 0 Å². The summed E-state index contributed by atoms with van der Waals surface area (Å²) < 4.78 is 0.773. The number of hydrogen-bond acceptors (Lipinski definition) is 4. The summed E-state index contributed by atoms with van der Waals surface area (Å²) in [6, 6.07) is 22.3. The Morgan fingerprint density at radius 3 is 2.40 bits per heavy atom. The number of hydrogen-bond donors (Lipinski definition) is 2. The van der Waals surface area contributed by atoms with Crippen LogP contribution in [0, 0.1) is 5.92 Å². The number of rotatable bonds is 9. The Bertz CT molecular complexity index is 1230. The number of aliphatic hydroxyl groups is 2. The second-order valence-electron chi connectivity index (χ2n) is 8.53. The molecule has 0 bridgehead atoms. The number of anilines is 3. The van der Waals surface area contributed by atoms with Crippen LogP contribution < -0.4 is 9.80 Å². The zero-order chi connectivity index (χ0) is 25.0. The molecule has 1 heterocycles. The molecule has 0 aromatic heterocycles. The Morgan fingerprint density at radius 1 is 1.06 bits per heavy atom. The van der Waals surface area contributed by atoms with Gasteiger partial charge >= 0.3 is 0 Å². The molecule has 6 nitrogen and oxygen atoms in total. The van der Waals surface area contributed by atoms with Crippen LogP contribution >= 0.6 is 15.9 Å². The molecule has 0 fully saturated rings. The molecule has 7 heteroatoms. The quantitative estimate of drug-likeness (QED) is 0.297. The van der Waals surface area contributed by atoms with E-state index >= 15 is 0 Å². The Morgan fingerprint density at radius 2 is 1.74 bits per heavy atom. The van der Waals surface area contributed by atoms with Gasteiger partial charge in [-0.3, -0.25) is 14.5 Å². The first kappa shape index (κ1) is 24.9. The summed E-state index contributed by atoms with van der Waals surface area (Å²) in [5.41, 5.74) is 1.83. The smallest absolute Gasteiger partial charge is 0.264 e. The third kappa shape index (κ3) is 4.80. The van der Waals surface area contributed by atoms with Crippen LogP contribution in [-0.4, -0.2) is 29.1 Å². The molecule has 2 N–H and O–H groups in total. The van der Waals surface area contributed by atoms with Gasteiger partial charge in [0.05, 0.1) is 12.2 Å². The van der Waals surface area contributed by atoms with E-state index < -0.39 is 17.4 Å². The summed E-state index contributed by atoms with van der Waals surface area (Å²) in [7, 11) is 0. The van der Waals surface area contributed by atoms with Crippen molar-refractivity contribution < 1.29 is 19.8 Å². The second kappa shape index (κ2) is 10.6. The van der Waals surface area contributed by atoms with E-state index in [0.717, 1.165) is 22.1 Å². The van der Waals surface area contributed by atoms with Gasteiger partial charge in [-0.1, -0.05) is 65.3 Å². The Kier molecular flexibility index (Phi) is 7.50. The number of aliphatic hydroxyl groups excluding tert-OH is 1. The molecule has 1 aliphatic heterocycles. The largest absolute Gasteiger partial charge is 0.396 e. The summed E-state index contributed by atoms with van der Waals surface area (Å²) in [5.74, 6) is -0.886. The Labute approximate surface area is 213 Å². The van der Waals surface area contributed by atoms with Crippen LogP contribution in [0.4, 0.5) is 17.1 Å². The molecule has 0 saturated carbocycles. The van der Waals surface area contributed by atoms with Gasteiger partial charge in [0.25, 0.3) is 5.91 Å². The van der Waals surface area contributed by atoms with Gasteiger partial charge in [0.1, 0.15) is 0 Å². The molecular weight excluding hydrogens is 508 g/mol. The number of amides is 2. The molecular formula is C28H27BrN2O4. The number of benzene rings is 3. The monoisotopic (exact) mass is 534 g/mol. The van der Waals surface area contributed by atoms with Gasteiger partial charge in [-0.2, -0.15) is 0 Å². The zero-order valence-electron chi connectivity index (χ0n) is 19.3. The highest BCUT2D eigenvalue weighted by Crippen LogP contribution is 2.46. The molecule has 2 atom stereocenters. The summed E-state index contributed by atoms with van der Waals surface area (Å²) in [4.78, 5) is 28.5. The maximum atomic E-state index is 13.6. The summed E-state index contributed by atoms with van der Waals surface area (Å²) >= 11 is 3.46. The molecule has 180 valence electrons. The minimum Gasteiger partial charge on any atom is -0.396 e. The molecule has 0 unspecified atom stereocenters. The fraction of sp³-hybridized carbons (Fsp3) is 0.214. The number of carbonyl (C=O) groups excluding carboxylic acids is 2. The number of para-hydroxylation sites is 1. The van der Waals surface area contributed by atoms with E-state index in [1.54, 1.807) is 34.9 Å². The van der Waals surface area contributed by atoms with Crippen LogP contribution in [0.2, 0.25) is 0 Å². The Hall–Kier alpha value is -3.26. The first-order valence-corrected chi connectivity index (χ1v) is 12.2. The molecule has 0 aliphatic carbocycles. The third-order valence-corrected chi connectivity index (χ3v) is 6.80. The molecule has 3 aromatic carbocycles. The van der Waals surface area contributed by atoms with Crippen LogP contribution in [0.3, 0.4) is 0 Å². The number of fused-ring (bicyclic) bond motifs is 1. The van der Waals surface area contributed by atoms with Crippen molar-refractivity contribution in [2.45, 2.75) is 25.5 Å². The van der Waals surface area contributed by atoms with E-state index in [-0.39, 0.29) is 13.2 Å². The van der Waals surface area contributed by atoms with Crippen molar-refractivity contribution in [3.05, 3.63) is 101 Å². The third-order valence-electron chi connectivity index (χ3n) is 6.31. The summed E-state index contributed by atoms with van der Waals surface area (Å²) in [6.07, 6.45) is 4.78. The van der Waals surface area contributed by atoms with Gasteiger partial charge in [0.2, 0.25) is 6.41 Å². The second-order valence-corrected chi connectivity index (χ2v) is 9.44. The highest BCUT2D eigenvalue weighted by Gasteiger charge is 2.52. The molecule has 1 aliphatic rings. The van der Waals surface area contributed by atoms with E-state index in [0.29, 0.717) is 23.4 Å². The fourth-order valence-electron chi connectivity index (χ4n) is 4.39. The van der Waals surface area contributed by atoms with Gasteiger partial charge in [-0.15, -0.1) is 0 Å². The van der Waals surface area contributed by atoms with Gasteiger partial charge < -0.3 is 15.1 Å². The fourth-order valence-corrected chi connectivity index (χ4v) is 4.76. The average Bonchev–Trinajstić information content (AvgIpc) is 3.08. The van der Waals surface area contributed by atoms with Crippen LogP contribution in [0.1, 0.15) is 24.5 Å². The normalized spacial score (nSPS) is 18.1. The van der Waals surface area contributed by atoms with Crippen molar-refractivity contribution >= 4 is 45.3 Å². The number of halogens is 1. The van der Waals surface area contributed by atoms with Crippen LogP contribution in [-0.2, 0) is 21.7 Å². The van der Waals surface area contributed by atoms with Crippen molar-refractivity contribution in [1.29, 1.82) is 0 Å². The molecule has 2 amide bonds. The van der Waals surface area contributed by atoms with Crippen molar-refractivity contribution in [3.8, 4) is 0 Å². The zero-order valence-corrected chi connectivity index (χ0v) is 20.9. The van der Waals surface area contributed by atoms with Gasteiger partial charge in [0, 0.05) is 33.9 Å². The lowest BCUT2D eigenvalue weighted by atomic mass is 9.83. The molecule has 0 saturated heterocycles. The first-order chi connectivity index (χ1) is 16.9. The van der Waals surface area contributed by atoms with E-state index in [1.807, 2.05) is 66.7 Å². The van der Waals surface area contributed by atoms with E-state index in [2.05, 4.69) is 15.9 Å². The molecule has 0 spiro atoms. The van der Waals surface area contributed by atoms with Crippen molar-refractivity contribution in [2.75, 3.05) is 16.4 Å². The van der Waals surface area contributed by atoms with Gasteiger partial charge in [0.15, 0.2) is 5.60 Å². The van der Waals surface area contributed by atoms with Gasteiger partial charge in [-0.25, -0.2) is 0 Å². The standard InChI is InChI=1S/C28H27BrN2O4/c1-20(7-5-6-16-32)28(35)25-17-22(29)12-15-26(25)30(27(28)34)18-21-10-13-24(14-11-21)31(19-33)23-8-3-2-4-9-23/h2-5,7-15,17,19-20,32,35H,6,16,18H2,1H3/b7-5+/t20-,28+/m1/s1. The van der Waals surface area contributed by atoms with E-state index in [9.17, 15) is 14.7 Å². The van der Waals surface area contributed by atoms with Crippen LogP contribution in [0.15, 0.2) is 89.4 Å². The molecule has 4 rings (SSSR count). The number of nitrogens with zero attached hydrogens (tertiary/aromatic N) is 2. The lowest BCUT2D eigenvalue weighted by Gasteiger charge is -2.28. The first-order valence-electron chi connectivity index (χ1n) is 11.4. The molecule has 35 heavy (non-hydrogen) atoms. The van der Waals surface area contributed by atoms with Crippen molar-refractivity contribution in [2.24, 2.45) is 5.92 Å². The predicted molar refractivity (Wildman–Crippen MR) is 140 cm³/mol. The summed E-state index contributed by atoms with van der Waals surface area (Å²) in [6.45, 7) is 2.08. The highest BCUT2D eigenvalue weighted by atomic mass is 79.9. The van der Waals surface area contributed by atoms with Gasteiger partial charge in [-0.05, 0) is 54.4 Å². The predicted octanol–water partition coefficient (Wildman–Crippen LogP) is 5.05. The lowest BCUT2D eigenvalue weighted by molar-refractivity contribution is -0.139. The SMILES string of the molecule is C[C@H](/C=C/CCO)[C@@]1(O)C(=O)N(Cc2ccc(N(C=O)c3ccccc3)cc2)c2ccc(Br)cc21. The minimum atomic E-state index is -1.72. The van der Waals surface area contributed by atoms with Crippen molar-refractivity contribution in [1.82, 2.24) is 0 Å². The van der Waals surface area contributed by atoms with E-state index in [4.69, 9.17) is 5.11 Å². The average molecular weight is 535 g/mol. The van der Waals surface area contributed by atoms with Crippen LogP contribution in [0.25, 0.3) is 0 Å². The molecule has 3 aromatic rings. The highest BCUT2D eigenvalue weighted by molar-refractivity contribution is 9.10. The van der Waals surface area contributed by atoms with E-state index in [1.165, 1.54) is 0 Å². The number of carbonyl (C=O) groups is 2. The molecule has 0 radical (unpaired) electrons. The lowest BCUT2D eigenvalue weighted by Crippen LogP contribution is -2.44. The van der Waals surface area contributed by atoms with Crippen molar-refractivity contribution in [3.63, 3.8) is 0 Å². The minimum absolute atomic E-state index is 0.00561. The maximum absolute atomic E-state index is 13.6. The Balaban J connectivity index is 1.62.